The summed E-state index contributed by atoms with van der Waals surface area (Å²) in [7, 11) is 0. The Bertz CT molecular complexity index is 716. The van der Waals surface area contributed by atoms with E-state index in [1.165, 1.54) is 12.3 Å². The van der Waals surface area contributed by atoms with Crippen LogP contribution in [-0.4, -0.2) is 22.8 Å². The maximum atomic E-state index is 12.2. The third kappa shape index (κ3) is 4.79. The highest BCUT2D eigenvalue weighted by Gasteiger charge is 2.12. The number of nitrogens with zero attached hydrogens (tertiary/aromatic N) is 1. The van der Waals surface area contributed by atoms with Gasteiger partial charge in [-0.1, -0.05) is 29.8 Å². The highest BCUT2D eigenvalue weighted by atomic mass is 35.5. The van der Waals surface area contributed by atoms with E-state index in [-0.39, 0.29) is 23.6 Å². The van der Waals surface area contributed by atoms with Crippen molar-refractivity contribution in [1.82, 2.24) is 15.6 Å². The van der Waals surface area contributed by atoms with Crippen LogP contribution in [0.5, 0.6) is 0 Å². The Morgan fingerprint density at radius 2 is 1.91 bits per heavy atom. The average Bonchev–Trinajstić information content (AvgIpc) is 2.53. The summed E-state index contributed by atoms with van der Waals surface area (Å²) < 4.78 is 0. The second kappa shape index (κ2) is 7.74. The predicted molar refractivity (Wildman–Crippen MR) is 89.5 cm³/mol. The maximum Gasteiger partial charge on any atom is 0.270 e. The molecule has 0 aliphatic carbocycles. The van der Waals surface area contributed by atoms with Crippen molar-refractivity contribution in [3.63, 3.8) is 0 Å². The Kier molecular flexibility index (Phi) is 5.71. The fourth-order valence-electron chi connectivity index (χ4n) is 1.95. The van der Waals surface area contributed by atoms with Crippen LogP contribution in [-0.2, 0) is 6.54 Å². The van der Waals surface area contributed by atoms with Crippen LogP contribution >= 0.6 is 11.6 Å². The standard InChI is InChI=1S/C17H18ClN3O2/c1-11(2)21-16(22)12-7-8-19-15(9-12)17(23)20-10-13-5-3-4-6-14(13)18/h3-9,11H,10H2,1-2H3,(H,20,23)(H,21,22). The molecule has 23 heavy (non-hydrogen) atoms. The van der Waals surface area contributed by atoms with E-state index >= 15 is 0 Å². The van der Waals surface area contributed by atoms with E-state index in [4.69, 9.17) is 11.6 Å². The van der Waals surface area contributed by atoms with Crippen LogP contribution in [0.15, 0.2) is 42.6 Å². The molecule has 0 bridgehead atoms. The zero-order valence-corrected chi connectivity index (χ0v) is 13.7. The Hall–Kier alpha value is -2.40. The summed E-state index contributed by atoms with van der Waals surface area (Å²) in [5, 5.41) is 6.11. The summed E-state index contributed by atoms with van der Waals surface area (Å²) in [6.45, 7) is 4.04. The van der Waals surface area contributed by atoms with Gasteiger partial charge in [-0.3, -0.25) is 14.6 Å². The first-order valence-electron chi connectivity index (χ1n) is 7.26. The lowest BCUT2D eigenvalue weighted by molar-refractivity contribution is 0.0943. The number of benzene rings is 1. The minimum absolute atomic E-state index is 0.0214. The molecule has 0 saturated carbocycles. The highest BCUT2D eigenvalue weighted by Crippen LogP contribution is 2.14. The molecule has 6 heteroatoms. The third-order valence-electron chi connectivity index (χ3n) is 3.07. The number of amides is 2. The Morgan fingerprint density at radius 3 is 2.61 bits per heavy atom. The summed E-state index contributed by atoms with van der Waals surface area (Å²) in [5.74, 6) is -0.591. The average molecular weight is 332 g/mol. The fourth-order valence-corrected chi connectivity index (χ4v) is 2.15. The van der Waals surface area contributed by atoms with Crippen molar-refractivity contribution in [1.29, 1.82) is 0 Å². The maximum absolute atomic E-state index is 12.2. The van der Waals surface area contributed by atoms with Gasteiger partial charge in [0.05, 0.1) is 0 Å². The number of carbonyl (C=O) groups excluding carboxylic acids is 2. The van der Waals surface area contributed by atoms with Crippen molar-refractivity contribution >= 4 is 23.4 Å². The summed E-state index contributed by atoms with van der Waals surface area (Å²) in [4.78, 5) is 28.2. The van der Waals surface area contributed by atoms with Gasteiger partial charge < -0.3 is 10.6 Å². The Balaban J connectivity index is 2.05. The number of nitrogens with one attached hydrogen (secondary N) is 2. The van der Waals surface area contributed by atoms with Gasteiger partial charge in [0, 0.05) is 29.4 Å². The van der Waals surface area contributed by atoms with Gasteiger partial charge in [0.2, 0.25) is 0 Å². The van der Waals surface area contributed by atoms with Crippen LogP contribution in [0.25, 0.3) is 0 Å². The van der Waals surface area contributed by atoms with E-state index < -0.39 is 0 Å². The van der Waals surface area contributed by atoms with Crippen LogP contribution in [0.4, 0.5) is 0 Å². The van der Waals surface area contributed by atoms with Gasteiger partial charge in [-0.15, -0.1) is 0 Å². The Labute approximate surface area is 140 Å². The highest BCUT2D eigenvalue weighted by molar-refractivity contribution is 6.31. The number of hydrogen-bond acceptors (Lipinski definition) is 3. The molecule has 1 heterocycles. The lowest BCUT2D eigenvalue weighted by Crippen LogP contribution is -2.30. The lowest BCUT2D eigenvalue weighted by atomic mass is 10.2. The largest absolute Gasteiger partial charge is 0.350 e. The smallest absolute Gasteiger partial charge is 0.270 e. The van der Waals surface area contributed by atoms with Crippen molar-refractivity contribution in [2.45, 2.75) is 26.4 Å². The van der Waals surface area contributed by atoms with Crippen LogP contribution in [0.2, 0.25) is 5.02 Å². The predicted octanol–water partition coefficient (Wildman–Crippen LogP) is 2.80. The quantitative estimate of drug-likeness (QED) is 0.885. The molecule has 1 aromatic carbocycles. The minimum Gasteiger partial charge on any atom is -0.350 e. The molecular weight excluding hydrogens is 314 g/mol. The molecule has 0 radical (unpaired) electrons. The molecule has 0 spiro atoms. The Morgan fingerprint density at radius 1 is 1.17 bits per heavy atom. The van der Waals surface area contributed by atoms with E-state index in [2.05, 4.69) is 15.6 Å². The van der Waals surface area contributed by atoms with Gasteiger partial charge in [-0.25, -0.2) is 0 Å². The molecule has 0 saturated heterocycles. The van der Waals surface area contributed by atoms with E-state index in [9.17, 15) is 9.59 Å². The molecule has 2 aromatic rings. The molecular formula is C17H18ClN3O2. The minimum atomic E-state index is -0.357. The topological polar surface area (TPSA) is 71.1 Å². The number of halogens is 1. The monoisotopic (exact) mass is 331 g/mol. The fraction of sp³-hybridized carbons (Fsp3) is 0.235. The summed E-state index contributed by atoms with van der Waals surface area (Å²) in [6.07, 6.45) is 1.44. The van der Waals surface area contributed by atoms with E-state index in [1.807, 2.05) is 32.0 Å². The van der Waals surface area contributed by atoms with Gasteiger partial charge >= 0.3 is 0 Å². The molecule has 2 amide bonds. The van der Waals surface area contributed by atoms with E-state index in [0.717, 1.165) is 5.56 Å². The number of hydrogen-bond donors (Lipinski definition) is 2. The van der Waals surface area contributed by atoms with Gasteiger partial charge in [0.25, 0.3) is 11.8 Å². The van der Waals surface area contributed by atoms with Gasteiger partial charge in [-0.05, 0) is 37.6 Å². The SMILES string of the molecule is CC(C)NC(=O)c1ccnc(C(=O)NCc2ccccc2Cl)c1. The van der Waals surface area contributed by atoms with Crippen LogP contribution in [0.1, 0.15) is 40.3 Å². The first-order valence-corrected chi connectivity index (χ1v) is 7.63. The second-order valence-corrected chi connectivity index (χ2v) is 5.74. The summed E-state index contributed by atoms with van der Waals surface area (Å²) >= 11 is 6.05. The van der Waals surface area contributed by atoms with Gasteiger partial charge in [0.1, 0.15) is 5.69 Å². The normalized spacial score (nSPS) is 10.4. The molecule has 120 valence electrons. The molecule has 2 rings (SSSR count). The van der Waals surface area contributed by atoms with Gasteiger partial charge in [-0.2, -0.15) is 0 Å². The first-order chi connectivity index (χ1) is 11.0. The van der Waals surface area contributed by atoms with Crippen molar-refractivity contribution in [2.75, 3.05) is 0 Å². The molecule has 5 nitrogen and oxygen atoms in total. The molecule has 0 atom stereocenters. The van der Waals surface area contributed by atoms with Crippen molar-refractivity contribution in [3.8, 4) is 0 Å². The van der Waals surface area contributed by atoms with E-state index in [1.54, 1.807) is 12.1 Å². The van der Waals surface area contributed by atoms with Crippen molar-refractivity contribution < 1.29 is 9.59 Å². The molecule has 0 unspecified atom stereocenters. The van der Waals surface area contributed by atoms with Crippen molar-refractivity contribution in [2.24, 2.45) is 0 Å². The number of pyridine rings is 1. The van der Waals surface area contributed by atoms with Crippen LogP contribution < -0.4 is 10.6 Å². The molecule has 1 aromatic heterocycles. The van der Waals surface area contributed by atoms with Crippen LogP contribution in [0.3, 0.4) is 0 Å². The molecule has 0 aliphatic rings. The number of aromatic nitrogens is 1. The second-order valence-electron chi connectivity index (χ2n) is 5.33. The summed E-state index contributed by atoms with van der Waals surface area (Å²) in [5.41, 5.74) is 1.40. The van der Waals surface area contributed by atoms with E-state index in [0.29, 0.717) is 17.1 Å². The van der Waals surface area contributed by atoms with Crippen molar-refractivity contribution in [3.05, 3.63) is 64.4 Å². The molecule has 0 aliphatic heterocycles. The zero-order valence-electron chi connectivity index (χ0n) is 13.0. The molecule has 2 N–H and O–H groups in total. The third-order valence-corrected chi connectivity index (χ3v) is 3.44. The lowest BCUT2D eigenvalue weighted by Gasteiger charge is -2.09. The zero-order chi connectivity index (χ0) is 16.8. The first kappa shape index (κ1) is 17.0. The van der Waals surface area contributed by atoms with Crippen LogP contribution in [0, 0.1) is 0 Å². The number of rotatable bonds is 5. The summed E-state index contributed by atoms with van der Waals surface area (Å²) in [6, 6.07) is 10.3. The number of carbonyl (C=O) groups is 2. The van der Waals surface area contributed by atoms with Gasteiger partial charge in [0.15, 0.2) is 0 Å². The molecule has 0 fully saturated rings.